The highest BCUT2D eigenvalue weighted by Crippen LogP contribution is 2.68. The summed E-state index contributed by atoms with van der Waals surface area (Å²) in [5, 5.41) is 10.8. The van der Waals surface area contributed by atoms with Crippen molar-refractivity contribution in [1.29, 1.82) is 0 Å². The van der Waals surface area contributed by atoms with Gasteiger partial charge in [0.2, 0.25) is 11.7 Å². The number of Topliss-reactive ketones (excluding diaryl/α,β-unsaturated/α-hetero) is 1. The molecule has 0 heterocycles. The van der Waals surface area contributed by atoms with Crippen LogP contribution in [0.3, 0.4) is 0 Å². The number of aliphatic carboxylic acids is 1. The van der Waals surface area contributed by atoms with Crippen LogP contribution in [0.25, 0.3) is 0 Å². The van der Waals surface area contributed by atoms with Gasteiger partial charge in [-0.15, -0.1) is 0 Å². The molecule has 0 spiro atoms. The summed E-state index contributed by atoms with van der Waals surface area (Å²) in [6, 6.07) is 0. The molecule has 4 rings (SSSR count). The van der Waals surface area contributed by atoms with Crippen LogP contribution >= 0.6 is 0 Å². The van der Waals surface area contributed by atoms with E-state index >= 15 is 0 Å². The van der Waals surface area contributed by atoms with E-state index in [0.717, 1.165) is 32.1 Å². The summed E-state index contributed by atoms with van der Waals surface area (Å²) in [4.78, 5) is 72.6. The number of rotatable bonds is 9. The molecular formula is C29H39NO9. The molecule has 6 unspecified atom stereocenters. The van der Waals surface area contributed by atoms with E-state index in [1.807, 2.05) is 13.0 Å². The van der Waals surface area contributed by atoms with Gasteiger partial charge < -0.3 is 19.9 Å². The van der Waals surface area contributed by atoms with E-state index in [1.165, 1.54) is 12.5 Å². The van der Waals surface area contributed by atoms with Crippen LogP contribution in [0.15, 0.2) is 11.6 Å². The van der Waals surface area contributed by atoms with Gasteiger partial charge in [-0.25, -0.2) is 0 Å². The molecule has 4 aliphatic carbocycles. The zero-order valence-electron chi connectivity index (χ0n) is 23.0. The van der Waals surface area contributed by atoms with Gasteiger partial charge in [-0.3, -0.25) is 28.8 Å². The van der Waals surface area contributed by atoms with Gasteiger partial charge in [0.25, 0.3) is 0 Å². The van der Waals surface area contributed by atoms with E-state index in [1.54, 1.807) is 0 Å². The number of allylic oxidation sites excluding steroid dienone is 1. The number of hydrogen-bond acceptors (Lipinski definition) is 8. The fraction of sp³-hybridized carbons (Fsp3) is 0.724. The number of amides is 1. The minimum atomic E-state index is -1.40. The normalized spacial score (nSPS) is 35.0. The zero-order valence-corrected chi connectivity index (χ0v) is 23.0. The van der Waals surface area contributed by atoms with Crippen LogP contribution < -0.4 is 5.32 Å². The number of nitrogens with one attached hydrogen (secondary N) is 1. The first-order chi connectivity index (χ1) is 18.3. The molecule has 0 saturated heterocycles. The second-order valence-electron chi connectivity index (χ2n) is 12.1. The number of carboxylic acid groups (broad SMARTS) is 1. The Hall–Kier alpha value is -3.04. The third-order valence-electron chi connectivity index (χ3n) is 10.2. The molecule has 2 N–H and O–H groups in total. The highest BCUT2D eigenvalue weighted by Gasteiger charge is 2.68. The summed E-state index contributed by atoms with van der Waals surface area (Å²) >= 11 is 0. The predicted octanol–water partition coefficient (Wildman–Crippen LogP) is 2.91. The first kappa shape index (κ1) is 29.0. The number of esters is 2. The third-order valence-corrected chi connectivity index (χ3v) is 10.2. The Kier molecular flexibility index (Phi) is 8.06. The van der Waals surface area contributed by atoms with Gasteiger partial charge in [-0.1, -0.05) is 19.4 Å². The van der Waals surface area contributed by atoms with Crippen LogP contribution in [0.4, 0.5) is 0 Å². The molecule has 0 aromatic rings. The second kappa shape index (κ2) is 10.8. The van der Waals surface area contributed by atoms with Crippen molar-refractivity contribution >= 4 is 35.4 Å². The lowest BCUT2D eigenvalue weighted by Crippen LogP contribution is -2.59. The molecule has 214 valence electrons. The molecule has 10 nitrogen and oxygen atoms in total. The van der Waals surface area contributed by atoms with Gasteiger partial charge >= 0.3 is 17.9 Å². The Morgan fingerprint density at radius 3 is 2.41 bits per heavy atom. The summed E-state index contributed by atoms with van der Waals surface area (Å²) < 4.78 is 11.1. The number of carbonyl (C=O) groups is 6. The number of ketones is 2. The van der Waals surface area contributed by atoms with Crippen molar-refractivity contribution in [3.8, 4) is 0 Å². The van der Waals surface area contributed by atoms with E-state index in [-0.39, 0.29) is 30.0 Å². The molecule has 0 radical (unpaired) electrons. The average Bonchev–Trinajstić information content (AvgIpc) is 3.17. The number of carbonyl (C=O) groups excluding carboxylic acids is 5. The van der Waals surface area contributed by atoms with Gasteiger partial charge in [0.1, 0.15) is 6.54 Å². The van der Waals surface area contributed by atoms with Crippen LogP contribution in [0.1, 0.15) is 85.0 Å². The molecule has 39 heavy (non-hydrogen) atoms. The van der Waals surface area contributed by atoms with Crippen molar-refractivity contribution in [3.63, 3.8) is 0 Å². The quantitative estimate of drug-likeness (QED) is 0.416. The average molecular weight is 546 g/mol. The van der Waals surface area contributed by atoms with E-state index in [2.05, 4.69) is 12.2 Å². The number of fused-ring (bicyclic) bond motifs is 5. The lowest BCUT2D eigenvalue weighted by Gasteiger charge is -2.59. The van der Waals surface area contributed by atoms with Crippen LogP contribution in [-0.2, 0) is 38.2 Å². The van der Waals surface area contributed by atoms with E-state index in [0.29, 0.717) is 31.1 Å². The van der Waals surface area contributed by atoms with E-state index in [4.69, 9.17) is 14.6 Å². The SMILES string of the molecule is CC(=O)OC1(C(=O)COC(=O)CCC(=O)NCC(=O)O)CCC2C3CCC4=CC(=O)CCC4(C)C3CCC21C. The Morgan fingerprint density at radius 1 is 1.00 bits per heavy atom. The molecule has 4 aliphatic rings. The van der Waals surface area contributed by atoms with Gasteiger partial charge in [0.15, 0.2) is 18.0 Å². The Bertz CT molecular complexity index is 1110. The Morgan fingerprint density at radius 2 is 1.72 bits per heavy atom. The molecule has 3 fully saturated rings. The Labute approximate surface area is 228 Å². The number of carboxylic acids is 1. The molecule has 1 amide bonds. The van der Waals surface area contributed by atoms with Crippen LogP contribution in [0.2, 0.25) is 0 Å². The number of ether oxygens (including phenoxy) is 2. The van der Waals surface area contributed by atoms with Crippen molar-refractivity contribution in [2.24, 2.45) is 28.6 Å². The summed E-state index contributed by atoms with van der Waals surface area (Å²) in [6.07, 6.45) is 7.13. The monoisotopic (exact) mass is 545 g/mol. The summed E-state index contributed by atoms with van der Waals surface area (Å²) in [5.74, 6) is -2.47. The van der Waals surface area contributed by atoms with Gasteiger partial charge in [0, 0.05) is 25.2 Å². The highest BCUT2D eigenvalue weighted by molar-refractivity contribution is 5.93. The topological polar surface area (TPSA) is 153 Å². The van der Waals surface area contributed by atoms with Crippen LogP contribution in [0, 0.1) is 28.6 Å². The van der Waals surface area contributed by atoms with Crippen LogP contribution in [0.5, 0.6) is 0 Å². The van der Waals surface area contributed by atoms with Gasteiger partial charge in [0.05, 0.1) is 6.42 Å². The summed E-state index contributed by atoms with van der Waals surface area (Å²) in [6.45, 7) is 4.50. The van der Waals surface area contributed by atoms with Crippen molar-refractivity contribution in [2.45, 2.75) is 90.6 Å². The van der Waals surface area contributed by atoms with Gasteiger partial charge in [-0.05, 0) is 74.2 Å². The van der Waals surface area contributed by atoms with E-state index in [9.17, 15) is 28.8 Å². The fourth-order valence-electron chi connectivity index (χ4n) is 8.30. The molecule has 10 heteroatoms. The summed E-state index contributed by atoms with van der Waals surface area (Å²) in [5.41, 5.74) is -0.774. The van der Waals surface area contributed by atoms with Crippen molar-refractivity contribution in [2.75, 3.05) is 13.2 Å². The molecule has 0 aromatic heterocycles. The maximum atomic E-state index is 13.7. The smallest absolute Gasteiger partial charge is 0.322 e. The largest absolute Gasteiger partial charge is 0.480 e. The molecule has 0 bridgehead atoms. The first-order valence-electron chi connectivity index (χ1n) is 13.9. The van der Waals surface area contributed by atoms with Gasteiger partial charge in [-0.2, -0.15) is 0 Å². The lowest BCUT2D eigenvalue weighted by molar-refractivity contribution is -0.191. The molecule has 0 aromatic carbocycles. The Balaban J connectivity index is 1.47. The third kappa shape index (κ3) is 5.26. The predicted molar refractivity (Wildman–Crippen MR) is 137 cm³/mol. The standard InChI is InChI=1S/C29H39NO9/c1-17(31)39-29(23(33)16-38-26(37)7-6-24(34)30-15-25(35)36)13-10-22-20-5-4-18-14-19(32)8-11-27(18,2)21(20)9-12-28(22,29)3/h14,20-22H,4-13,15-16H2,1-3H3,(H,30,34)(H,35,36). The summed E-state index contributed by atoms with van der Waals surface area (Å²) in [7, 11) is 0. The maximum absolute atomic E-state index is 13.7. The fourth-order valence-corrected chi connectivity index (χ4v) is 8.30. The first-order valence-corrected chi connectivity index (χ1v) is 13.9. The molecule has 0 aliphatic heterocycles. The highest BCUT2D eigenvalue weighted by atomic mass is 16.6. The molecule has 6 atom stereocenters. The minimum absolute atomic E-state index is 0.0267. The lowest BCUT2D eigenvalue weighted by atomic mass is 9.46. The van der Waals surface area contributed by atoms with Crippen molar-refractivity contribution in [1.82, 2.24) is 5.32 Å². The second-order valence-corrected chi connectivity index (χ2v) is 12.1. The van der Waals surface area contributed by atoms with Crippen molar-refractivity contribution < 1.29 is 43.3 Å². The van der Waals surface area contributed by atoms with Crippen LogP contribution in [-0.4, -0.2) is 59.2 Å². The van der Waals surface area contributed by atoms with E-state index < -0.39 is 53.8 Å². The molecule has 3 saturated carbocycles. The number of hydrogen-bond donors (Lipinski definition) is 2. The van der Waals surface area contributed by atoms with Crippen molar-refractivity contribution in [3.05, 3.63) is 11.6 Å². The minimum Gasteiger partial charge on any atom is -0.480 e. The zero-order chi connectivity index (χ0) is 28.6. The molecular weight excluding hydrogens is 506 g/mol. The maximum Gasteiger partial charge on any atom is 0.322 e.